The van der Waals surface area contributed by atoms with Gasteiger partial charge in [0.1, 0.15) is 6.42 Å². The zero-order valence-corrected chi connectivity index (χ0v) is 10.2. The van der Waals surface area contributed by atoms with Gasteiger partial charge in [0, 0.05) is 0 Å². The van der Waals surface area contributed by atoms with Crippen LogP contribution in [0.1, 0.15) is 6.42 Å². The van der Waals surface area contributed by atoms with Crippen molar-refractivity contribution in [3.63, 3.8) is 0 Å². The molecule has 9 nitrogen and oxygen atoms in total. The normalized spacial score (nSPS) is 16.9. The fraction of sp³-hybridized carbons (Fsp3) is 0.167. The lowest BCUT2D eigenvalue weighted by Gasteiger charge is -2.21. The van der Waals surface area contributed by atoms with Crippen LogP contribution in [0.25, 0.3) is 0 Å². The predicted molar refractivity (Wildman–Crippen MR) is 62.2 cm³/mol. The summed E-state index contributed by atoms with van der Waals surface area (Å²) in [4.78, 5) is 67.5. The molecule has 0 unspecified atom stereocenters. The molecule has 0 radical (unpaired) electrons. The predicted octanol–water partition coefficient (Wildman–Crippen LogP) is -1.18. The SMILES string of the molecule is O=C(O)CC(=O)C=C(C(=O)O)C1(C(=O)O)C(=O)C=CC1=O. The summed E-state index contributed by atoms with van der Waals surface area (Å²) in [6.07, 6.45) is 0.263. The van der Waals surface area contributed by atoms with Crippen molar-refractivity contribution in [2.24, 2.45) is 5.41 Å². The molecule has 1 aliphatic rings. The van der Waals surface area contributed by atoms with E-state index >= 15 is 0 Å². The summed E-state index contributed by atoms with van der Waals surface area (Å²) in [6.45, 7) is 0. The Bertz CT molecular complexity index is 617. The molecule has 0 bridgehead atoms. The molecule has 0 heterocycles. The first-order chi connectivity index (χ1) is 9.63. The number of allylic oxidation sites excluding steroid dienone is 3. The number of carbonyl (C=O) groups is 6. The fourth-order valence-electron chi connectivity index (χ4n) is 1.81. The average molecular weight is 296 g/mol. The van der Waals surface area contributed by atoms with Crippen LogP contribution in [0.3, 0.4) is 0 Å². The van der Waals surface area contributed by atoms with E-state index in [1.54, 1.807) is 0 Å². The van der Waals surface area contributed by atoms with E-state index in [9.17, 15) is 28.8 Å². The maximum absolute atomic E-state index is 11.7. The van der Waals surface area contributed by atoms with Gasteiger partial charge in [0.15, 0.2) is 17.3 Å². The first kappa shape index (κ1) is 16.0. The van der Waals surface area contributed by atoms with Crippen LogP contribution in [0.4, 0.5) is 0 Å². The van der Waals surface area contributed by atoms with Crippen molar-refractivity contribution >= 4 is 35.3 Å². The highest BCUT2D eigenvalue weighted by Gasteiger charge is 2.59. The molecule has 0 saturated heterocycles. The third kappa shape index (κ3) is 2.61. The molecule has 1 rings (SSSR count). The number of hydrogen-bond acceptors (Lipinski definition) is 6. The van der Waals surface area contributed by atoms with Gasteiger partial charge in [0.25, 0.3) is 0 Å². The summed E-state index contributed by atoms with van der Waals surface area (Å²) in [5, 5.41) is 26.5. The Hall–Kier alpha value is -3.10. The van der Waals surface area contributed by atoms with Crippen LogP contribution in [0.2, 0.25) is 0 Å². The molecule has 1 aliphatic carbocycles. The molecule has 0 aromatic heterocycles. The summed E-state index contributed by atoms with van der Waals surface area (Å²) in [7, 11) is 0. The summed E-state index contributed by atoms with van der Waals surface area (Å²) in [5.74, 6) is -9.52. The summed E-state index contributed by atoms with van der Waals surface area (Å²) in [6, 6.07) is 0. The maximum Gasteiger partial charge on any atom is 0.333 e. The lowest BCUT2D eigenvalue weighted by Crippen LogP contribution is -2.46. The van der Waals surface area contributed by atoms with E-state index in [-0.39, 0.29) is 6.08 Å². The monoisotopic (exact) mass is 296 g/mol. The Morgan fingerprint density at radius 1 is 1.00 bits per heavy atom. The quantitative estimate of drug-likeness (QED) is 0.404. The van der Waals surface area contributed by atoms with Crippen LogP contribution in [0, 0.1) is 5.41 Å². The number of carbonyl (C=O) groups excluding carboxylic acids is 3. The van der Waals surface area contributed by atoms with Crippen LogP contribution >= 0.6 is 0 Å². The first-order valence-corrected chi connectivity index (χ1v) is 5.34. The Morgan fingerprint density at radius 3 is 1.81 bits per heavy atom. The van der Waals surface area contributed by atoms with E-state index < -0.39 is 52.7 Å². The Labute approximate surface area is 116 Å². The van der Waals surface area contributed by atoms with Crippen LogP contribution < -0.4 is 0 Å². The molecule has 0 fully saturated rings. The topological polar surface area (TPSA) is 163 Å². The highest BCUT2D eigenvalue weighted by Crippen LogP contribution is 2.35. The number of carboxylic acids is 3. The Balaban J connectivity index is 3.48. The van der Waals surface area contributed by atoms with E-state index in [1.165, 1.54) is 0 Å². The lowest BCUT2D eigenvalue weighted by atomic mass is 9.75. The zero-order valence-electron chi connectivity index (χ0n) is 10.2. The van der Waals surface area contributed by atoms with Crippen LogP contribution in [0.5, 0.6) is 0 Å². The molecule has 0 atom stereocenters. The Kier molecular flexibility index (Phi) is 4.17. The summed E-state index contributed by atoms with van der Waals surface area (Å²) >= 11 is 0. The van der Waals surface area contributed by atoms with Crippen LogP contribution in [0.15, 0.2) is 23.8 Å². The van der Waals surface area contributed by atoms with Crippen molar-refractivity contribution in [2.45, 2.75) is 6.42 Å². The molecule has 0 spiro atoms. The van der Waals surface area contributed by atoms with Crippen LogP contribution in [-0.4, -0.2) is 50.6 Å². The van der Waals surface area contributed by atoms with Crippen molar-refractivity contribution in [2.75, 3.05) is 0 Å². The van der Waals surface area contributed by atoms with E-state index in [2.05, 4.69) is 0 Å². The Morgan fingerprint density at radius 2 is 1.48 bits per heavy atom. The van der Waals surface area contributed by atoms with Gasteiger partial charge in [-0.25, -0.2) is 4.79 Å². The molecule has 21 heavy (non-hydrogen) atoms. The van der Waals surface area contributed by atoms with Gasteiger partial charge in [0.2, 0.25) is 5.41 Å². The number of hydrogen-bond donors (Lipinski definition) is 3. The summed E-state index contributed by atoms with van der Waals surface area (Å²) < 4.78 is 0. The minimum absolute atomic E-state index is 0.188. The van der Waals surface area contributed by atoms with Crippen molar-refractivity contribution < 1.29 is 44.1 Å². The zero-order chi connectivity index (χ0) is 16.4. The fourth-order valence-corrected chi connectivity index (χ4v) is 1.81. The minimum Gasteiger partial charge on any atom is -0.481 e. The molecule has 0 aromatic rings. The van der Waals surface area contributed by atoms with Gasteiger partial charge in [-0.2, -0.15) is 0 Å². The smallest absolute Gasteiger partial charge is 0.333 e. The van der Waals surface area contributed by atoms with Gasteiger partial charge < -0.3 is 15.3 Å². The van der Waals surface area contributed by atoms with Crippen LogP contribution in [-0.2, 0) is 28.8 Å². The van der Waals surface area contributed by atoms with Gasteiger partial charge in [-0.1, -0.05) is 0 Å². The van der Waals surface area contributed by atoms with E-state index in [0.717, 1.165) is 0 Å². The van der Waals surface area contributed by atoms with Gasteiger partial charge >= 0.3 is 17.9 Å². The van der Waals surface area contributed by atoms with Gasteiger partial charge in [0.05, 0.1) is 5.57 Å². The van der Waals surface area contributed by atoms with Crippen molar-refractivity contribution in [3.05, 3.63) is 23.8 Å². The largest absolute Gasteiger partial charge is 0.481 e. The van der Waals surface area contributed by atoms with Gasteiger partial charge in [-0.05, 0) is 18.2 Å². The third-order valence-electron chi connectivity index (χ3n) is 2.71. The van der Waals surface area contributed by atoms with Crippen molar-refractivity contribution in [3.8, 4) is 0 Å². The van der Waals surface area contributed by atoms with Gasteiger partial charge in [-0.3, -0.25) is 24.0 Å². The standard InChI is InChI=1S/C12H8O9/c13-5(4-9(16)17)3-6(10(18)19)12(11(20)21)7(14)1-2-8(12)15/h1-3H,4H2,(H,16,17)(H,18,19)(H,20,21). The molecule has 9 heteroatoms. The second kappa shape index (κ2) is 5.49. The van der Waals surface area contributed by atoms with Gasteiger partial charge in [-0.15, -0.1) is 0 Å². The van der Waals surface area contributed by atoms with Crippen molar-refractivity contribution in [1.29, 1.82) is 0 Å². The number of ketones is 3. The molecule has 0 aliphatic heterocycles. The third-order valence-corrected chi connectivity index (χ3v) is 2.71. The summed E-state index contributed by atoms with van der Waals surface area (Å²) in [5.41, 5.74) is -4.35. The molecule has 110 valence electrons. The second-order valence-electron chi connectivity index (χ2n) is 4.02. The highest BCUT2D eigenvalue weighted by atomic mass is 16.4. The molecule has 3 N–H and O–H groups in total. The molecule has 0 saturated carbocycles. The first-order valence-electron chi connectivity index (χ1n) is 5.34. The molecule has 0 amide bonds. The molecular weight excluding hydrogens is 288 g/mol. The number of carboxylic acid groups (broad SMARTS) is 3. The number of aliphatic carboxylic acids is 3. The van der Waals surface area contributed by atoms with E-state index in [0.29, 0.717) is 12.2 Å². The van der Waals surface area contributed by atoms with Crippen molar-refractivity contribution in [1.82, 2.24) is 0 Å². The molecule has 0 aromatic carbocycles. The van der Waals surface area contributed by atoms with E-state index in [1.807, 2.05) is 0 Å². The highest BCUT2D eigenvalue weighted by molar-refractivity contribution is 6.38. The lowest BCUT2D eigenvalue weighted by molar-refractivity contribution is -0.156. The maximum atomic E-state index is 11.7. The molecular formula is C12H8O9. The average Bonchev–Trinajstić information content (AvgIpc) is 2.62. The second-order valence-corrected chi connectivity index (χ2v) is 4.02. The number of rotatable bonds is 6. The van der Waals surface area contributed by atoms with E-state index in [4.69, 9.17) is 15.3 Å². The minimum atomic E-state index is -3.06.